The number of rotatable bonds is 18. The molecule has 0 spiro atoms. The predicted molar refractivity (Wildman–Crippen MR) is 204 cm³/mol. The molecule has 3 aliphatic heterocycles. The summed E-state index contributed by atoms with van der Waals surface area (Å²) in [6.45, 7) is 20.7. The van der Waals surface area contributed by atoms with Crippen molar-refractivity contribution in [2.24, 2.45) is 11.8 Å². The quantitative estimate of drug-likeness (QED) is 0.133. The first-order chi connectivity index (χ1) is 25.1. The van der Waals surface area contributed by atoms with Gasteiger partial charge in [-0.05, 0) is 69.2 Å². The lowest BCUT2D eigenvalue weighted by Crippen LogP contribution is -2.41. The van der Waals surface area contributed by atoms with Crippen LogP contribution in [0.4, 0.5) is 4.79 Å². The summed E-state index contributed by atoms with van der Waals surface area (Å²) in [7, 11) is -2.19. The van der Waals surface area contributed by atoms with E-state index in [0.29, 0.717) is 19.6 Å². The Balaban J connectivity index is 1.43. The number of hydrogen-bond acceptors (Lipinski definition) is 10. The number of amides is 1. The first-order valence-electron chi connectivity index (χ1n) is 18.7. The zero-order chi connectivity index (χ0) is 38.8. The SMILES string of the molecule is C=CCOC/C=C/C1CC(=C)C(CC[C@H]2CC(C)C(=C)C(C[C@@H]3OC(CC(O)CNC(=O)OC(C)(C)C)[C@H](OC)C3CS(=O)(=O)c3ccccc3)O2)O1. The molecule has 11 nitrogen and oxygen atoms in total. The highest BCUT2D eigenvalue weighted by molar-refractivity contribution is 7.91. The van der Waals surface area contributed by atoms with E-state index >= 15 is 0 Å². The van der Waals surface area contributed by atoms with Crippen molar-refractivity contribution in [1.82, 2.24) is 5.32 Å². The average Bonchev–Trinajstić information content (AvgIpc) is 3.61. The van der Waals surface area contributed by atoms with Crippen LogP contribution in [-0.2, 0) is 38.3 Å². The van der Waals surface area contributed by atoms with Gasteiger partial charge < -0.3 is 38.8 Å². The second kappa shape index (κ2) is 19.7. The molecule has 0 aromatic heterocycles. The molecule has 53 heavy (non-hydrogen) atoms. The van der Waals surface area contributed by atoms with E-state index in [-0.39, 0.29) is 53.9 Å². The molecule has 3 fully saturated rings. The van der Waals surface area contributed by atoms with E-state index in [1.54, 1.807) is 57.2 Å². The van der Waals surface area contributed by atoms with Gasteiger partial charge in [0.05, 0.1) is 72.7 Å². The van der Waals surface area contributed by atoms with Crippen molar-refractivity contribution < 1.29 is 46.7 Å². The number of carbonyl (C=O) groups excluding carboxylic acids is 1. The lowest BCUT2D eigenvalue weighted by atomic mass is 9.83. The molecule has 1 aromatic rings. The van der Waals surface area contributed by atoms with Gasteiger partial charge in [-0.25, -0.2) is 13.2 Å². The number of aliphatic hydroxyl groups is 1. The minimum atomic E-state index is -3.72. The Hall–Kier alpha value is -2.84. The van der Waals surface area contributed by atoms with Crippen molar-refractivity contribution in [1.29, 1.82) is 0 Å². The van der Waals surface area contributed by atoms with Gasteiger partial charge in [0.1, 0.15) is 5.60 Å². The van der Waals surface area contributed by atoms with Crippen molar-refractivity contribution >= 4 is 15.9 Å². The van der Waals surface area contributed by atoms with E-state index in [1.807, 2.05) is 12.2 Å². The maximum atomic E-state index is 13.7. The highest BCUT2D eigenvalue weighted by Crippen LogP contribution is 2.41. The van der Waals surface area contributed by atoms with E-state index in [4.69, 9.17) is 28.4 Å². The Morgan fingerprint density at radius 3 is 2.49 bits per heavy atom. The molecule has 0 radical (unpaired) electrons. The van der Waals surface area contributed by atoms with E-state index in [9.17, 15) is 18.3 Å². The second-order valence-corrected chi connectivity index (χ2v) is 17.5. The van der Waals surface area contributed by atoms with Gasteiger partial charge in [0, 0.05) is 38.8 Å². The molecule has 7 unspecified atom stereocenters. The van der Waals surface area contributed by atoms with Crippen LogP contribution in [-0.4, -0.2) is 107 Å². The maximum absolute atomic E-state index is 13.7. The third-order valence-electron chi connectivity index (χ3n) is 10.1. The van der Waals surface area contributed by atoms with Crippen molar-refractivity contribution in [3.05, 3.63) is 79.4 Å². The van der Waals surface area contributed by atoms with Crippen LogP contribution in [0.1, 0.15) is 66.2 Å². The van der Waals surface area contributed by atoms with Crippen LogP contribution in [0.25, 0.3) is 0 Å². The fourth-order valence-electron chi connectivity index (χ4n) is 7.42. The molecule has 3 saturated heterocycles. The molecule has 1 aromatic carbocycles. The average molecular weight is 760 g/mol. The first kappa shape index (κ1) is 42.9. The Labute approximate surface area is 316 Å². The van der Waals surface area contributed by atoms with Gasteiger partial charge in [0.25, 0.3) is 0 Å². The molecule has 3 heterocycles. The summed E-state index contributed by atoms with van der Waals surface area (Å²) < 4.78 is 63.7. The lowest BCUT2D eigenvalue weighted by molar-refractivity contribution is -0.0769. The van der Waals surface area contributed by atoms with Gasteiger partial charge in [0.15, 0.2) is 9.84 Å². The van der Waals surface area contributed by atoms with Crippen molar-refractivity contribution in [3.8, 4) is 0 Å². The fraction of sp³-hybridized carbons (Fsp3) is 0.634. The van der Waals surface area contributed by atoms with Crippen molar-refractivity contribution in [3.63, 3.8) is 0 Å². The van der Waals surface area contributed by atoms with E-state index in [0.717, 1.165) is 36.8 Å². The molecule has 2 N–H and O–H groups in total. The van der Waals surface area contributed by atoms with Gasteiger partial charge in [-0.15, -0.1) is 6.58 Å². The van der Waals surface area contributed by atoms with Crippen LogP contribution in [0.2, 0.25) is 0 Å². The van der Waals surface area contributed by atoms with Gasteiger partial charge in [-0.1, -0.05) is 56.5 Å². The van der Waals surface area contributed by atoms with Gasteiger partial charge in [-0.2, -0.15) is 0 Å². The molecule has 12 heteroatoms. The standard InChI is InChI=1S/C41H61NO10S/c1-9-19-48-20-13-14-31-22-28(3)35(49-31)18-17-32-21-27(2)29(4)36(50-32)24-37-34(26-53(45,46)33-15-11-10-12-16-33)39(47-8)38(51-37)23-30(43)25-42-40(44)52-41(5,6)7/h9-16,27,30-32,34-39,43H,1,3-4,17-26H2,2,5-8H3,(H,42,44)/b14-13+/t27?,30?,31?,32-,34?,35?,36?,37-,38?,39+/m0/s1. The summed E-state index contributed by atoms with van der Waals surface area (Å²) in [6, 6.07) is 8.35. The number of benzene rings is 1. The molecule has 4 rings (SSSR count). The highest BCUT2D eigenvalue weighted by atomic mass is 32.2. The van der Waals surface area contributed by atoms with Crippen molar-refractivity contribution in [2.45, 2.75) is 126 Å². The zero-order valence-electron chi connectivity index (χ0n) is 32.1. The zero-order valence-corrected chi connectivity index (χ0v) is 32.9. The molecular formula is C41H61NO10S. The number of methoxy groups -OCH3 is 1. The third-order valence-corrected chi connectivity index (χ3v) is 11.9. The maximum Gasteiger partial charge on any atom is 0.407 e. The highest BCUT2D eigenvalue weighted by Gasteiger charge is 2.49. The van der Waals surface area contributed by atoms with Crippen LogP contribution >= 0.6 is 0 Å². The number of carbonyl (C=O) groups is 1. The first-order valence-corrected chi connectivity index (χ1v) is 20.4. The lowest BCUT2D eigenvalue weighted by Gasteiger charge is -2.38. The van der Waals surface area contributed by atoms with E-state index < -0.39 is 51.9 Å². The molecule has 296 valence electrons. The van der Waals surface area contributed by atoms with Crippen LogP contribution in [0, 0.1) is 11.8 Å². The molecule has 0 aliphatic carbocycles. The summed E-state index contributed by atoms with van der Waals surface area (Å²) in [5.74, 6) is -0.589. The summed E-state index contributed by atoms with van der Waals surface area (Å²) >= 11 is 0. The van der Waals surface area contributed by atoms with E-state index in [2.05, 4.69) is 32.0 Å². The minimum Gasteiger partial charge on any atom is -0.444 e. The molecular weight excluding hydrogens is 699 g/mol. The van der Waals surface area contributed by atoms with Crippen LogP contribution in [0.3, 0.4) is 0 Å². The van der Waals surface area contributed by atoms with Crippen LogP contribution in [0.5, 0.6) is 0 Å². The van der Waals surface area contributed by atoms with Crippen LogP contribution in [0.15, 0.2) is 84.3 Å². The Kier molecular flexibility index (Phi) is 15.9. The number of aliphatic hydroxyl groups excluding tert-OH is 1. The minimum absolute atomic E-state index is 0.0320. The number of sulfone groups is 1. The molecule has 0 saturated carbocycles. The van der Waals surface area contributed by atoms with Crippen LogP contribution < -0.4 is 5.32 Å². The number of nitrogens with one attached hydrogen (secondary N) is 1. The summed E-state index contributed by atoms with van der Waals surface area (Å²) in [4.78, 5) is 12.5. The van der Waals surface area contributed by atoms with Crippen molar-refractivity contribution in [2.75, 3.05) is 32.6 Å². The van der Waals surface area contributed by atoms with Gasteiger partial charge in [-0.3, -0.25) is 0 Å². The fourth-order valence-corrected chi connectivity index (χ4v) is 9.10. The Morgan fingerprint density at radius 2 is 1.81 bits per heavy atom. The summed E-state index contributed by atoms with van der Waals surface area (Å²) in [6.07, 6.45) is 5.34. The Bertz CT molecular complexity index is 1510. The largest absolute Gasteiger partial charge is 0.444 e. The molecule has 10 atom stereocenters. The number of hydrogen-bond donors (Lipinski definition) is 2. The smallest absolute Gasteiger partial charge is 0.407 e. The normalized spacial score (nSPS) is 30.1. The summed E-state index contributed by atoms with van der Waals surface area (Å²) in [5.41, 5.74) is 1.33. The second-order valence-electron chi connectivity index (χ2n) is 15.5. The molecule has 1 amide bonds. The third kappa shape index (κ3) is 12.9. The monoisotopic (exact) mass is 759 g/mol. The number of ether oxygens (including phenoxy) is 6. The topological polar surface area (TPSA) is 139 Å². The Morgan fingerprint density at radius 1 is 1.08 bits per heavy atom. The molecule has 0 bridgehead atoms. The molecule has 3 aliphatic rings. The summed E-state index contributed by atoms with van der Waals surface area (Å²) in [5, 5.41) is 13.6. The van der Waals surface area contributed by atoms with Gasteiger partial charge >= 0.3 is 6.09 Å². The number of alkyl carbamates (subject to hydrolysis) is 1. The predicted octanol–water partition coefficient (Wildman–Crippen LogP) is 6.13. The van der Waals surface area contributed by atoms with Gasteiger partial charge in [0.2, 0.25) is 0 Å². The van der Waals surface area contributed by atoms with E-state index in [1.165, 1.54) is 7.11 Å².